The summed E-state index contributed by atoms with van der Waals surface area (Å²) in [5.41, 5.74) is 0.758. The summed E-state index contributed by atoms with van der Waals surface area (Å²) in [6, 6.07) is 1.78. The fraction of sp³-hybridized carbons (Fsp3) is 0.417. The predicted molar refractivity (Wildman–Crippen MR) is 64.1 cm³/mol. The average Bonchev–Trinajstić information content (AvgIpc) is 3.17. The highest BCUT2D eigenvalue weighted by molar-refractivity contribution is 6.48. The van der Waals surface area contributed by atoms with E-state index in [9.17, 15) is 14.9 Å². The third kappa shape index (κ3) is 1.45. The van der Waals surface area contributed by atoms with Gasteiger partial charge >= 0.3 is 13.1 Å². The Morgan fingerprint density at radius 1 is 1.32 bits per heavy atom. The molecule has 2 heterocycles. The summed E-state index contributed by atoms with van der Waals surface area (Å²) in [5, 5.41) is 19.2. The first kappa shape index (κ1) is 11.0. The van der Waals surface area contributed by atoms with Crippen molar-refractivity contribution in [2.24, 2.45) is 0 Å². The summed E-state index contributed by atoms with van der Waals surface area (Å²) in [7, 11) is -0.932. The van der Waals surface area contributed by atoms with E-state index in [1.165, 1.54) is 0 Å². The molecular weight excluding hydrogens is 251 g/mol. The van der Waals surface area contributed by atoms with Crippen molar-refractivity contribution in [2.45, 2.75) is 18.2 Å². The Kier molecular flexibility index (Phi) is 2.06. The molecule has 1 saturated carbocycles. The zero-order valence-corrected chi connectivity index (χ0v) is 9.96. The molecule has 0 unspecified atom stereocenters. The number of fused-ring (bicyclic) bond motifs is 4. The Balaban J connectivity index is 1.96. The lowest BCUT2D eigenvalue weighted by Gasteiger charge is -2.26. The Hall–Kier alpha value is -1.89. The normalized spacial score (nSPS) is 26.1. The number of ether oxygens (including phenoxy) is 2. The van der Waals surface area contributed by atoms with Crippen molar-refractivity contribution < 1.29 is 29.1 Å². The van der Waals surface area contributed by atoms with E-state index in [-0.39, 0.29) is 28.8 Å². The van der Waals surface area contributed by atoms with Gasteiger partial charge in [0, 0.05) is 11.4 Å². The molecule has 0 amide bonds. The minimum absolute atomic E-state index is 0.0448. The number of aromatic carboxylic acids is 1. The Morgan fingerprint density at radius 2 is 2.11 bits per heavy atom. The number of carbonyl (C=O) groups is 1. The molecule has 6 nitrogen and oxygen atoms in total. The van der Waals surface area contributed by atoms with Crippen LogP contribution in [0.4, 0.5) is 0 Å². The summed E-state index contributed by atoms with van der Waals surface area (Å²) < 4.78 is 16.2. The molecule has 3 aliphatic rings. The molecule has 7 heteroatoms. The molecule has 2 atom stereocenters. The van der Waals surface area contributed by atoms with Crippen LogP contribution < -0.4 is 14.1 Å². The first-order valence-corrected chi connectivity index (χ1v) is 6.21. The number of carboxylic acid groups (broad SMARTS) is 1. The molecule has 2 N–H and O–H groups in total. The first-order valence-electron chi connectivity index (χ1n) is 6.21. The zero-order valence-electron chi connectivity index (χ0n) is 9.96. The van der Waals surface area contributed by atoms with Crippen LogP contribution in [-0.2, 0) is 0 Å². The minimum Gasteiger partial charge on any atom is -0.535 e. The number of benzene rings is 1. The molecule has 1 aromatic rings. The van der Waals surface area contributed by atoms with Gasteiger partial charge in [-0.1, -0.05) is 0 Å². The van der Waals surface area contributed by atoms with Crippen molar-refractivity contribution in [3.8, 4) is 17.2 Å². The van der Waals surface area contributed by atoms with E-state index in [4.69, 9.17) is 14.1 Å². The van der Waals surface area contributed by atoms with Gasteiger partial charge in [0.05, 0.1) is 0 Å². The van der Waals surface area contributed by atoms with Crippen LogP contribution in [0.1, 0.15) is 28.3 Å². The fourth-order valence-electron chi connectivity index (χ4n) is 2.88. The molecule has 0 saturated heterocycles. The van der Waals surface area contributed by atoms with Gasteiger partial charge in [0.2, 0.25) is 0 Å². The summed E-state index contributed by atoms with van der Waals surface area (Å²) in [6.45, 7) is 0.711. The highest BCUT2D eigenvalue weighted by atomic mass is 16.6. The second kappa shape index (κ2) is 3.57. The molecule has 2 aliphatic heterocycles. The van der Waals surface area contributed by atoms with Crippen molar-refractivity contribution in [3.63, 3.8) is 0 Å². The van der Waals surface area contributed by atoms with E-state index < -0.39 is 13.1 Å². The third-order valence-electron chi connectivity index (χ3n) is 3.87. The van der Waals surface area contributed by atoms with Crippen molar-refractivity contribution in [2.75, 3.05) is 13.2 Å². The van der Waals surface area contributed by atoms with Crippen LogP contribution in [0.3, 0.4) is 0 Å². The van der Waals surface area contributed by atoms with Crippen molar-refractivity contribution in [1.82, 2.24) is 0 Å². The molecule has 98 valence electrons. The monoisotopic (exact) mass is 262 g/mol. The number of rotatable bonds is 1. The van der Waals surface area contributed by atoms with E-state index in [0.29, 0.717) is 19.0 Å². The second-order valence-corrected chi connectivity index (χ2v) is 5.01. The van der Waals surface area contributed by atoms with Crippen LogP contribution in [0, 0.1) is 0 Å². The van der Waals surface area contributed by atoms with Crippen molar-refractivity contribution in [3.05, 3.63) is 17.2 Å². The van der Waals surface area contributed by atoms with Gasteiger partial charge in [0.1, 0.15) is 24.5 Å². The molecule has 1 aliphatic carbocycles. The topological polar surface area (TPSA) is 85.2 Å². The van der Waals surface area contributed by atoms with E-state index in [1.807, 2.05) is 0 Å². The molecule has 0 spiro atoms. The SMILES string of the molecule is O=C(O)c1c2c(cc3c1OB(O)[C@H]1C[C@@H]31)OCCO2. The molecule has 1 fully saturated rings. The maximum atomic E-state index is 11.5. The zero-order chi connectivity index (χ0) is 13.1. The molecular formula is C12H11BO6. The molecule has 0 aromatic heterocycles. The summed E-state index contributed by atoms with van der Waals surface area (Å²) >= 11 is 0. The predicted octanol–water partition coefficient (Wildman–Crippen LogP) is 0.886. The van der Waals surface area contributed by atoms with Gasteiger partial charge in [-0.25, -0.2) is 4.79 Å². The quantitative estimate of drug-likeness (QED) is 0.731. The minimum atomic E-state index is -1.13. The third-order valence-corrected chi connectivity index (χ3v) is 3.87. The number of carboxylic acids is 1. The van der Waals surface area contributed by atoms with Crippen LogP contribution in [0.25, 0.3) is 0 Å². The highest BCUT2D eigenvalue weighted by Crippen LogP contribution is 2.62. The van der Waals surface area contributed by atoms with E-state index >= 15 is 0 Å². The first-order chi connectivity index (χ1) is 9.16. The number of hydrogen-bond donors (Lipinski definition) is 2. The van der Waals surface area contributed by atoms with Gasteiger partial charge in [-0.05, 0) is 18.4 Å². The molecule has 0 bridgehead atoms. The van der Waals surface area contributed by atoms with Gasteiger partial charge in [0.15, 0.2) is 11.5 Å². The standard InChI is InChI=1S/C12H11BO6/c14-12(15)9-10-6(5-3-7(5)13(16)19-10)4-8-11(9)18-2-1-17-8/h4-5,7,16H,1-3H2,(H,14,15)/t5-,7-/m0/s1. The lowest BCUT2D eigenvalue weighted by molar-refractivity contribution is 0.0683. The van der Waals surface area contributed by atoms with E-state index in [1.54, 1.807) is 6.07 Å². The van der Waals surface area contributed by atoms with Crippen molar-refractivity contribution >= 4 is 13.1 Å². The molecule has 4 rings (SSSR count). The lowest BCUT2D eigenvalue weighted by Crippen LogP contribution is -2.28. The van der Waals surface area contributed by atoms with Crippen LogP contribution in [0.15, 0.2) is 6.07 Å². The Morgan fingerprint density at radius 3 is 2.89 bits per heavy atom. The average molecular weight is 262 g/mol. The largest absolute Gasteiger partial charge is 0.535 e. The second-order valence-electron chi connectivity index (χ2n) is 5.01. The molecule has 0 radical (unpaired) electrons. The number of hydrogen-bond acceptors (Lipinski definition) is 5. The maximum Gasteiger partial charge on any atom is 0.526 e. The fourth-order valence-corrected chi connectivity index (χ4v) is 2.88. The highest BCUT2D eigenvalue weighted by Gasteiger charge is 2.55. The van der Waals surface area contributed by atoms with Crippen LogP contribution in [-0.4, -0.2) is 36.4 Å². The summed E-state index contributed by atoms with van der Waals surface area (Å²) in [4.78, 5) is 11.5. The van der Waals surface area contributed by atoms with Gasteiger partial charge < -0.3 is 24.3 Å². The van der Waals surface area contributed by atoms with E-state index in [2.05, 4.69) is 0 Å². The van der Waals surface area contributed by atoms with Gasteiger partial charge in [-0.15, -0.1) is 0 Å². The van der Waals surface area contributed by atoms with Gasteiger partial charge in [0.25, 0.3) is 0 Å². The Labute approximate surface area is 109 Å². The smallest absolute Gasteiger partial charge is 0.526 e. The van der Waals surface area contributed by atoms with E-state index in [0.717, 1.165) is 12.0 Å². The van der Waals surface area contributed by atoms with Crippen molar-refractivity contribution in [1.29, 1.82) is 0 Å². The van der Waals surface area contributed by atoms with Gasteiger partial charge in [-0.2, -0.15) is 0 Å². The summed E-state index contributed by atoms with van der Waals surface area (Å²) in [5.74, 6) is -0.0332. The van der Waals surface area contributed by atoms with Crippen LogP contribution in [0.2, 0.25) is 5.82 Å². The summed E-state index contributed by atoms with van der Waals surface area (Å²) in [6.07, 6.45) is 0.812. The molecule has 1 aromatic carbocycles. The van der Waals surface area contributed by atoms with Crippen LogP contribution >= 0.6 is 0 Å². The Bertz CT molecular complexity index is 586. The lowest BCUT2D eigenvalue weighted by atomic mass is 9.77. The molecule has 19 heavy (non-hydrogen) atoms. The van der Waals surface area contributed by atoms with Gasteiger partial charge in [-0.3, -0.25) is 0 Å². The van der Waals surface area contributed by atoms with Crippen LogP contribution in [0.5, 0.6) is 17.2 Å². The maximum absolute atomic E-state index is 11.5.